The number of aliphatic hydroxyl groups is 1. The summed E-state index contributed by atoms with van der Waals surface area (Å²) in [4.78, 5) is 0. The van der Waals surface area contributed by atoms with Crippen LogP contribution in [0.15, 0.2) is 12.2 Å². The Balaban J connectivity index is 3.24. The van der Waals surface area contributed by atoms with Crippen LogP contribution in [0.25, 0.3) is 0 Å². The van der Waals surface area contributed by atoms with Crippen LogP contribution < -0.4 is 0 Å². The van der Waals surface area contributed by atoms with Crippen molar-refractivity contribution in [1.82, 2.24) is 0 Å². The van der Waals surface area contributed by atoms with Crippen molar-refractivity contribution < 1.29 is 9.50 Å². The van der Waals surface area contributed by atoms with E-state index < -0.39 is 12.8 Å². The van der Waals surface area contributed by atoms with Crippen molar-refractivity contribution in [3.63, 3.8) is 0 Å². The van der Waals surface area contributed by atoms with E-state index in [0.717, 1.165) is 5.57 Å². The standard InChI is InChI=1S/C6H11FO/c1-5(2)3-6(7)4-8/h6,8H,1,3-4H2,2H3/t6-/m0/s1. The summed E-state index contributed by atoms with van der Waals surface area (Å²) in [5.74, 6) is 0. The Morgan fingerprint density at radius 2 is 2.38 bits per heavy atom. The Labute approximate surface area is 48.8 Å². The van der Waals surface area contributed by atoms with Crippen LogP contribution in [0.3, 0.4) is 0 Å². The van der Waals surface area contributed by atoms with Gasteiger partial charge in [0.05, 0.1) is 6.61 Å². The largest absolute Gasteiger partial charge is 0.393 e. The van der Waals surface area contributed by atoms with Crippen molar-refractivity contribution in [3.05, 3.63) is 12.2 Å². The van der Waals surface area contributed by atoms with Gasteiger partial charge in [0.25, 0.3) is 0 Å². The molecule has 0 spiro atoms. The molecule has 48 valence electrons. The molecule has 0 fully saturated rings. The average molecular weight is 118 g/mol. The third-order valence-electron chi connectivity index (χ3n) is 0.768. The number of aliphatic hydroxyl groups excluding tert-OH is 1. The van der Waals surface area contributed by atoms with E-state index in [0.29, 0.717) is 0 Å². The van der Waals surface area contributed by atoms with Gasteiger partial charge in [-0.15, -0.1) is 6.58 Å². The third kappa shape index (κ3) is 3.81. The fraction of sp³-hybridized carbons (Fsp3) is 0.667. The molecule has 8 heavy (non-hydrogen) atoms. The molecule has 0 amide bonds. The van der Waals surface area contributed by atoms with Gasteiger partial charge in [0.15, 0.2) is 0 Å². The minimum atomic E-state index is -1.12. The molecular weight excluding hydrogens is 107 g/mol. The predicted molar refractivity (Wildman–Crippen MR) is 31.4 cm³/mol. The van der Waals surface area contributed by atoms with Crippen LogP contribution in [-0.4, -0.2) is 17.9 Å². The lowest BCUT2D eigenvalue weighted by molar-refractivity contribution is 0.177. The van der Waals surface area contributed by atoms with Crippen molar-refractivity contribution in [2.24, 2.45) is 0 Å². The van der Waals surface area contributed by atoms with Crippen molar-refractivity contribution in [1.29, 1.82) is 0 Å². The number of hydrogen-bond donors (Lipinski definition) is 1. The lowest BCUT2D eigenvalue weighted by Gasteiger charge is -2.00. The van der Waals surface area contributed by atoms with Crippen LogP contribution in [0.5, 0.6) is 0 Å². The van der Waals surface area contributed by atoms with Gasteiger partial charge in [-0.05, 0) is 6.92 Å². The first kappa shape index (κ1) is 7.63. The molecule has 0 aromatic heterocycles. The third-order valence-corrected chi connectivity index (χ3v) is 0.768. The van der Waals surface area contributed by atoms with Gasteiger partial charge in [0.1, 0.15) is 6.17 Å². The summed E-state index contributed by atoms with van der Waals surface area (Å²) < 4.78 is 12.1. The highest BCUT2D eigenvalue weighted by atomic mass is 19.1. The molecule has 0 aromatic carbocycles. The zero-order chi connectivity index (χ0) is 6.57. The maximum absolute atomic E-state index is 12.1. The van der Waals surface area contributed by atoms with Gasteiger partial charge in [-0.25, -0.2) is 4.39 Å². The zero-order valence-electron chi connectivity index (χ0n) is 5.02. The van der Waals surface area contributed by atoms with E-state index in [4.69, 9.17) is 5.11 Å². The van der Waals surface area contributed by atoms with E-state index in [1.54, 1.807) is 6.92 Å². The SMILES string of the molecule is C=C(C)C[C@H](F)CO. The number of halogens is 1. The molecule has 0 saturated carbocycles. The second kappa shape index (κ2) is 3.61. The van der Waals surface area contributed by atoms with Gasteiger partial charge >= 0.3 is 0 Å². The highest BCUT2D eigenvalue weighted by Gasteiger charge is 2.01. The van der Waals surface area contributed by atoms with Crippen molar-refractivity contribution in [2.75, 3.05) is 6.61 Å². The molecule has 0 heterocycles. The van der Waals surface area contributed by atoms with Crippen LogP contribution in [0.2, 0.25) is 0 Å². The van der Waals surface area contributed by atoms with Gasteiger partial charge in [-0.1, -0.05) is 5.57 Å². The van der Waals surface area contributed by atoms with Gasteiger partial charge in [-0.2, -0.15) is 0 Å². The summed E-state index contributed by atoms with van der Waals surface area (Å²) in [6.07, 6.45) is -0.844. The second-order valence-corrected chi connectivity index (χ2v) is 1.94. The van der Waals surface area contributed by atoms with E-state index in [9.17, 15) is 4.39 Å². The van der Waals surface area contributed by atoms with Gasteiger partial charge < -0.3 is 5.11 Å². The molecular formula is C6H11FO. The minimum Gasteiger partial charge on any atom is -0.393 e. The maximum atomic E-state index is 12.1. The Hall–Kier alpha value is -0.370. The zero-order valence-corrected chi connectivity index (χ0v) is 5.02. The smallest absolute Gasteiger partial charge is 0.127 e. The summed E-state index contributed by atoms with van der Waals surface area (Å²) in [5, 5.41) is 8.17. The molecule has 1 nitrogen and oxygen atoms in total. The molecule has 2 heteroatoms. The van der Waals surface area contributed by atoms with E-state index in [2.05, 4.69) is 6.58 Å². The molecule has 0 aromatic rings. The summed E-state index contributed by atoms with van der Waals surface area (Å²) in [5.41, 5.74) is 0.770. The van der Waals surface area contributed by atoms with Crippen LogP contribution in [0.4, 0.5) is 4.39 Å². The molecule has 0 aliphatic rings. The monoisotopic (exact) mass is 118 g/mol. The number of rotatable bonds is 3. The molecule has 0 bridgehead atoms. The number of allylic oxidation sites excluding steroid dienone is 1. The lowest BCUT2D eigenvalue weighted by Crippen LogP contribution is -2.05. The highest BCUT2D eigenvalue weighted by Crippen LogP contribution is 2.03. The van der Waals surface area contributed by atoms with Crippen LogP contribution in [0.1, 0.15) is 13.3 Å². The number of hydrogen-bond acceptors (Lipinski definition) is 1. The van der Waals surface area contributed by atoms with E-state index in [1.807, 2.05) is 0 Å². The summed E-state index contributed by atoms with van der Waals surface area (Å²) in [6.45, 7) is 4.83. The highest BCUT2D eigenvalue weighted by molar-refractivity contribution is 4.90. The quantitative estimate of drug-likeness (QED) is 0.553. The average Bonchev–Trinajstić information content (AvgIpc) is 1.65. The van der Waals surface area contributed by atoms with E-state index >= 15 is 0 Å². The summed E-state index contributed by atoms with van der Waals surface area (Å²) >= 11 is 0. The molecule has 1 N–H and O–H groups in total. The molecule has 1 atom stereocenters. The molecule has 0 radical (unpaired) electrons. The Kier molecular flexibility index (Phi) is 3.44. The fourth-order valence-corrected chi connectivity index (χ4v) is 0.443. The Bertz CT molecular complexity index is 80.6. The first-order valence-corrected chi connectivity index (χ1v) is 2.56. The molecule has 0 unspecified atom stereocenters. The van der Waals surface area contributed by atoms with Crippen molar-refractivity contribution in [2.45, 2.75) is 19.5 Å². The van der Waals surface area contributed by atoms with E-state index in [-0.39, 0.29) is 6.42 Å². The summed E-state index contributed by atoms with van der Waals surface area (Å²) in [6, 6.07) is 0. The maximum Gasteiger partial charge on any atom is 0.127 e. The van der Waals surface area contributed by atoms with Gasteiger partial charge in [-0.3, -0.25) is 0 Å². The Morgan fingerprint density at radius 1 is 1.88 bits per heavy atom. The normalized spacial score (nSPS) is 13.4. The molecule has 0 aliphatic carbocycles. The molecule has 0 aliphatic heterocycles. The molecule has 0 rings (SSSR count). The number of alkyl halides is 1. The van der Waals surface area contributed by atoms with Crippen molar-refractivity contribution in [3.8, 4) is 0 Å². The topological polar surface area (TPSA) is 20.2 Å². The fourth-order valence-electron chi connectivity index (χ4n) is 0.443. The van der Waals surface area contributed by atoms with Gasteiger partial charge in [0, 0.05) is 6.42 Å². The molecule has 0 saturated heterocycles. The van der Waals surface area contributed by atoms with Gasteiger partial charge in [0.2, 0.25) is 0 Å². The van der Waals surface area contributed by atoms with Crippen LogP contribution in [-0.2, 0) is 0 Å². The first-order chi connectivity index (χ1) is 3.66. The van der Waals surface area contributed by atoms with Crippen LogP contribution >= 0.6 is 0 Å². The lowest BCUT2D eigenvalue weighted by atomic mass is 10.2. The van der Waals surface area contributed by atoms with Crippen molar-refractivity contribution >= 4 is 0 Å². The predicted octanol–water partition coefficient (Wildman–Crippen LogP) is 1.28. The Morgan fingerprint density at radius 3 is 2.50 bits per heavy atom. The second-order valence-electron chi connectivity index (χ2n) is 1.94. The van der Waals surface area contributed by atoms with Crippen LogP contribution in [0, 0.1) is 0 Å². The van der Waals surface area contributed by atoms with E-state index in [1.165, 1.54) is 0 Å². The first-order valence-electron chi connectivity index (χ1n) is 2.56. The summed E-state index contributed by atoms with van der Waals surface area (Å²) in [7, 11) is 0. The minimum absolute atomic E-state index is 0.274.